The molecule has 1 aliphatic heterocycles. The van der Waals surface area contributed by atoms with Crippen molar-refractivity contribution in [2.45, 2.75) is 31.4 Å². The molecule has 4 aromatic rings. The summed E-state index contributed by atoms with van der Waals surface area (Å²) < 4.78 is 20.2. The molecular weight excluding hydrogens is 457 g/mol. The number of aliphatic hydroxyl groups excluding tert-OH is 1. The molecule has 1 atom stereocenters. The molecule has 0 bridgehead atoms. The van der Waals surface area contributed by atoms with Gasteiger partial charge in [0.05, 0.1) is 30.3 Å². The summed E-state index contributed by atoms with van der Waals surface area (Å²) in [6.07, 6.45) is 1.48. The predicted octanol–water partition coefficient (Wildman–Crippen LogP) is 4.51. The van der Waals surface area contributed by atoms with Gasteiger partial charge in [-0.25, -0.2) is 9.07 Å². The van der Waals surface area contributed by atoms with Crippen molar-refractivity contribution >= 4 is 10.8 Å². The summed E-state index contributed by atoms with van der Waals surface area (Å²) in [4.78, 5) is 15.6. The number of rotatable bonds is 7. The quantitative estimate of drug-likeness (QED) is 0.416. The number of likely N-dealkylation sites (tertiary alicyclic amines) is 1. The molecule has 36 heavy (non-hydrogen) atoms. The smallest absolute Gasteiger partial charge is 0.274 e. The number of halogens is 1. The topological polar surface area (TPSA) is 67.6 Å². The molecule has 1 unspecified atom stereocenters. The van der Waals surface area contributed by atoms with Gasteiger partial charge < -0.3 is 14.7 Å². The zero-order valence-electron chi connectivity index (χ0n) is 20.3. The summed E-state index contributed by atoms with van der Waals surface area (Å²) >= 11 is 0. The minimum Gasteiger partial charge on any atom is -0.497 e. The maximum Gasteiger partial charge on any atom is 0.274 e. The number of benzene rings is 3. The van der Waals surface area contributed by atoms with Gasteiger partial charge >= 0.3 is 0 Å². The molecule has 1 aromatic heterocycles. The van der Waals surface area contributed by atoms with E-state index in [1.807, 2.05) is 48.5 Å². The molecule has 0 saturated carbocycles. The van der Waals surface area contributed by atoms with Crippen molar-refractivity contribution in [1.82, 2.24) is 14.7 Å². The number of aliphatic hydroxyl groups is 1. The molecule has 2 heterocycles. The Balaban J connectivity index is 1.32. The highest BCUT2D eigenvalue weighted by molar-refractivity contribution is 5.83. The molecule has 1 N–H and O–H groups in total. The first-order valence-corrected chi connectivity index (χ1v) is 12.3. The van der Waals surface area contributed by atoms with Crippen molar-refractivity contribution in [1.29, 1.82) is 0 Å². The third-order valence-electron chi connectivity index (χ3n) is 7.02. The lowest BCUT2D eigenvalue weighted by atomic mass is 10.0. The highest BCUT2D eigenvalue weighted by Gasteiger charge is 2.25. The van der Waals surface area contributed by atoms with E-state index in [1.165, 1.54) is 12.1 Å². The van der Waals surface area contributed by atoms with E-state index in [-0.39, 0.29) is 17.4 Å². The van der Waals surface area contributed by atoms with Crippen molar-refractivity contribution in [3.05, 3.63) is 106 Å². The molecule has 0 spiro atoms. The highest BCUT2D eigenvalue weighted by Crippen LogP contribution is 2.26. The fraction of sp³-hybridized carbons (Fsp3) is 0.310. The fourth-order valence-electron chi connectivity index (χ4n) is 4.97. The van der Waals surface area contributed by atoms with Gasteiger partial charge in [-0.05, 0) is 54.3 Å². The Kier molecular flexibility index (Phi) is 7.11. The van der Waals surface area contributed by atoms with Gasteiger partial charge in [-0.2, -0.15) is 5.10 Å². The van der Waals surface area contributed by atoms with Crippen LogP contribution in [-0.4, -0.2) is 46.5 Å². The lowest BCUT2D eigenvalue weighted by Gasteiger charge is -2.33. The molecule has 7 heteroatoms. The zero-order valence-corrected chi connectivity index (χ0v) is 20.3. The summed E-state index contributed by atoms with van der Waals surface area (Å²) in [5.74, 6) is 0.490. The Hall–Kier alpha value is -3.55. The van der Waals surface area contributed by atoms with Crippen LogP contribution < -0.4 is 10.3 Å². The van der Waals surface area contributed by atoms with E-state index in [4.69, 9.17) is 9.84 Å². The van der Waals surface area contributed by atoms with E-state index in [0.29, 0.717) is 18.4 Å². The number of fused-ring (bicyclic) bond motifs is 1. The van der Waals surface area contributed by atoms with E-state index in [0.717, 1.165) is 53.9 Å². The number of β-amino-alcohol motifs (C(OH)–C–C–N with tert-alkyl or cyclic N) is 1. The Bertz CT molecular complexity index is 1380. The Labute approximate surface area is 209 Å². The summed E-state index contributed by atoms with van der Waals surface area (Å²) in [6.45, 7) is 2.08. The Morgan fingerprint density at radius 2 is 1.67 bits per heavy atom. The maximum absolute atomic E-state index is 13.4. The first-order chi connectivity index (χ1) is 17.5. The first-order valence-electron chi connectivity index (χ1n) is 12.3. The Morgan fingerprint density at radius 3 is 2.33 bits per heavy atom. The number of ether oxygens (including phenoxy) is 1. The van der Waals surface area contributed by atoms with Crippen LogP contribution in [0.1, 0.15) is 41.8 Å². The van der Waals surface area contributed by atoms with Crippen molar-refractivity contribution in [2.24, 2.45) is 0 Å². The number of piperidine rings is 1. The summed E-state index contributed by atoms with van der Waals surface area (Å²) in [5.41, 5.74) is 2.54. The minimum absolute atomic E-state index is 0.0107. The van der Waals surface area contributed by atoms with Crippen LogP contribution in [0.2, 0.25) is 0 Å². The zero-order chi connectivity index (χ0) is 25.1. The molecule has 0 radical (unpaired) electrons. The van der Waals surface area contributed by atoms with Crippen LogP contribution in [0, 0.1) is 5.82 Å². The maximum atomic E-state index is 13.4. The molecule has 1 fully saturated rings. The molecule has 186 valence electrons. The molecule has 0 aliphatic carbocycles. The van der Waals surface area contributed by atoms with E-state index in [9.17, 15) is 14.3 Å². The molecular formula is C29H30FN3O3. The van der Waals surface area contributed by atoms with Gasteiger partial charge in [-0.3, -0.25) is 4.79 Å². The van der Waals surface area contributed by atoms with Gasteiger partial charge in [-0.1, -0.05) is 42.5 Å². The highest BCUT2D eigenvalue weighted by atomic mass is 19.1. The average Bonchev–Trinajstić information content (AvgIpc) is 2.92. The lowest BCUT2D eigenvalue weighted by Crippen LogP contribution is -2.40. The first kappa shape index (κ1) is 24.2. The largest absolute Gasteiger partial charge is 0.497 e. The van der Waals surface area contributed by atoms with E-state index < -0.39 is 6.10 Å². The van der Waals surface area contributed by atoms with E-state index in [1.54, 1.807) is 23.9 Å². The van der Waals surface area contributed by atoms with Gasteiger partial charge in [0.15, 0.2) is 0 Å². The third-order valence-corrected chi connectivity index (χ3v) is 7.02. The number of hydrogen-bond donors (Lipinski definition) is 1. The second-order valence-corrected chi connectivity index (χ2v) is 9.37. The van der Waals surface area contributed by atoms with Gasteiger partial charge in [0.2, 0.25) is 0 Å². The normalized spacial score (nSPS) is 15.8. The summed E-state index contributed by atoms with van der Waals surface area (Å²) in [6, 6.07) is 21.4. The van der Waals surface area contributed by atoms with Crippen molar-refractivity contribution < 1.29 is 14.2 Å². The predicted molar refractivity (Wildman–Crippen MR) is 138 cm³/mol. The third kappa shape index (κ3) is 5.17. The lowest BCUT2D eigenvalue weighted by molar-refractivity contribution is 0.0882. The van der Waals surface area contributed by atoms with E-state index >= 15 is 0 Å². The van der Waals surface area contributed by atoms with Gasteiger partial charge in [0.1, 0.15) is 11.6 Å². The number of methoxy groups -OCH3 is 1. The van der Waals surface area contributed by atoms with E-state index in [2.05, 4.69) is 4.90 Å². The summed E-state index contributed by atoms with van der Waals surface area (Å²) in [7, 11) is 1.62. The van der Waals surface area contributed by atoms with Crippen LogP contribution in [0.4, 0.5) is 4.39 Å². The van der Waals surface area contributed by atoms with Gasteiger partial charge in [-0.15, -0.1) is 0 Å². The molecule has 5 rings (SSSR count). The molecule has 1 saturated heterocycles. The van der Waals surface area contributed by atoms with Crippen LogP contribution >= 0.6 is 0 Å². The monoisotopic (exact) mass is 487 g/mol. The van der Waals surface area contributed by atoms with Crippen LogP contribution in [-0.2, 0) is 6.42 Å². The second kappa shape index (κ2) is 10.6. The fourth-order valence-corrected chi connectivity index (χ4v) is 4.97. The van der Waals surface area contributed by atoms with Gasteiger partial charge in [0, 0.05) is 31.4 Å². The standard InChI is InChI=1S/C29H30FN3O3/c1-36-24-12-8-21(9-13-24)28(34)19-32-16-14-23(15-17-32)33-29(35)26-5-3-2-4-25(26)27(31-33)18-20-6-10-22(30)11-7-20/h2-13,23,28,34H,14-19H2,1H3. The van der Waals surface area contributed by atoms with Crippen LogP contribution in [0.15, 0.2) is 77.6 Å². The SMILES string of the molecule is COc1ccc(C(O)CN2CCC(n3nc(Cc4ccc(F)cc4)c4ccccc4c3=O)CC2)cc1. The van der Waals surface area contributed by atoms with Crippen molar-refractivity contribution in [3.8, 4) is 5.75 Å². The van der Waals surface area contributed by atoms with Crippen molar-refractivity contribution in [3.63, 3.8) is 0 Å². The van der Waals surface area contributed by atoms with Gasteiger partial charge in [0.25, 0.3) is 5.56 Å². The number of aromatic nitrogens is 2. The molecule has 0 amide bonds. The number of nitrogens with zero attached hydrogens (tertiary/aromatic N) is 3. The summed E-state index contributed by atoms with van der Waals surface area (Å²) in [5, 5.41) is 17.0. The number of hydrogen-bond acceptors (Lipinski definition) is 5. The molecule has 1 aliphatic rings. The minimum atomic E-state index is -0.587. The van der Waals surface area contributed by atoms with Crippen molar-refractivity contribution in [2.75, 3.05) is 26.7 Å². The molecule has 3 aromatic carbocycles. The van der Waals surface area contributed by atoms with Crippen LogP contribution in [0.3, 0.4) is 0 Å². The Morgan fingerprint density at radius 1 is 1.00 bits per heavy atom. The van der Waals surface area contributed by atoms with Crippen LogP contribution in [0.5, 0.6) is 5.75 Å². The molecule has 6 nitrogen and oxygen atoms in total. The van der Waals surface area contributed by atoms with Crippen LogP contribution in [0.25, 0.3) is 10.8 Å². The average molecular weight is 488 g/mol. The second-order valence-electron chi connectivity index (χ2n) is 9.37.